The van der Waals surface area contributed by atoms with Crippen molar-refractivity contribution in [3.8, 4) is 11.4 Å². The van der Waals surface area contributed by atoms with E-state index in [1.165, 1.54) is 29.5 Å². The number of rotatable bonds is 4. The third-order valence-corrected chi connectivity index (χ3v) is 5.01. The SMILES string of the molecule is Cc1ccc(-c2nnc(Sc3ccc([N+](=O)[O-])cc3Cl)n2C)cc1. The van der Waals surface area contributed by atoms with Crippen LogP contribution in [0.3, 0.4) is 0 Å². The minimum atomic E-state index is -0.474. The van der Waals surface area contributed by atoms with Crippen LogP contribution >= 0.6 is 23.4 Å². The molecular formula is C16H13ClN4O2S. The second-order valence-corrected chi connectivity index (χ2v) is 6.62. The van der Waals surface area contributed by atoms with Crippen molar-refractivity contribution >= 4 is 29.1 Å². The molecule has 8 heteroatoms. The van der Waals surface area contributed by atoms with Crippen LogP contribution in [0.4, 0.5) is 5.69 Å². The molecule has 0 aliphatic rings. The molecule has 122 valence electrons. The molecule has 0 saturated heterocycles. The van der Waals surface area contributed by atoms with Gasteiger partial charge in [0.25, 0.3) is 5.69 Å². The Morgan fingerprint density at radius 3 is 2.50 bits per heavy atom. The zero-order valence-corrected chi connectivity index (χ0v) is 14.5. The molecule has 0 saturated carbocycles. The summed E-state index contributed by atoms with van der Waals surface area (Å²) >= 11 is 7.45. The smallest absolute Gasteiger partial charge is 0.270 e. The quantitative estimate of drug-likeness (QED) is 0.505. The molecule has 0 atom stereocenters. The van der Waals surface area contributed by atoms with E-state index in [4.69, 9.17) is 11.6 Å². The van der Waals surface area contributed by atoms with Crippen molar-refractivity contribution in [2.45, 2.75) is 17.0 Å². The van der Waals surface area contributed by atoms with Crippen molar-refractivity contribution in [3.63, 3.8) is 0 Å². The van der Waals surface area contributed by atoms with Crippen LogP contribution in [-0.2, 0) is 7.05 Å². The van der Waals surface area contributed by atoms with Gasteiger partial charge in [0.15, 0.2) is 11.0 Å². The fourth-order valence-electron chi connectivity index (χ4n) is 2.14. The summed E-state index contributed by atoms with van der Waals surface area (Å²) in [7, 11) is 1.87. The van der Waals surface area contributed by atoms with Crippen LogP contribution in [0.5, 0.6) is 0 Å². The van der Waals surface area contributed by atoms with Gasteiger partial charge in [0.1, 0.15) is 0 Å². The zero-order chi connectivity index (χ0) is 17.3. The Hall–Kier alpha value is -2.38. The van der Waals surface area contributed by atoms with E-state index < -0.39 is 4.92 Å². The predicted octanol–water partition coefficient (Wildman–Crippen LogP) is 4.50. The fourth-order valence-corrected chi connectivity index (χ4v) is 3.23. The molecule has 1 aromatic heterocycles. The normalized spacial score (nSPS) is 10.8. The van der Waals surface area contributed by atoms with Crippen LogP contribution in [0.25, 0.3) is 11.4 Å². The van der Waals surface area contributed by atoms with Crippen LogP contribution in [0.2, 0.25) is 5.02 Å². The van der Waals surface area contributed by atoms with Crippen molar-refractivity contribution in [2.24, 2.45) is 7.05 Å². The number of nitro benzene ring substituents is 1. The number of aryl methyl sites for hydroxylation is 1. The first-order chi connectivity index (χ1) is 11.5. The van der Waals surface area contributed by atoms with Crippen LogP contribution in [0.1, 0.15) is 5.56 Å². The van der Waals surface area contributed by atoms with Gasteiger partial charge in [0.2, 0.25) is 0 Å². The molecule has 0 bridgehead atoms. The van der Waals surface area contributed by atoms with E-state index in [-0.39, 0.29) is 5.69 Å². The number of hydrogen-bond acceptors (Lipinski definition) is 5. The predicted molar refractivity (Wildman–Crippen MR) is 93.4 cm³/mol. The Morgan fingerprint density at radius 2 is 1.88 bits per heavy atom. The van der Waals surface area contributed by atoms with Crippen molar-refractivity contribution in [1.82, 2.24) is 14.8 Å². The average molecular weight is 361 g/mol. The molecule has 0 radical (unpaired) electrons. The molecule has 6 nitrogen and oxygen atoms in total. The van der Waals surface area contributed by atoms with Crippen LogP contribution in [-0.4, -0.2) is 19.7 Å². The van der Waals surface area contributed by atoms with Gasteiger partial charge in [-0.1, -0.05) is 41.4 Å². The van der Waals surface area contributed by atoms with Crippen LogP contribution in [0, 0.1) is 17.0 Å². The highest BCUT2D eigenvalue weighted by Gasteiger charge is 2.15. The van der Waals surface area contributed by atoms with Gasteiger partial charge in [-0.3, -0.25) is 10.1 Å². The highest BCUT2D eigenvalue weighted by molar-refractivity contribution is 7.99. The number of aromatic nitrogens is 3. The van der Waals surface area contributed by atoms with Gasteiger partial charge < -0.3 is 4.57 Å². The summed E-state index contributed by atoms with van der Waals surface area (Å²) in [4.78, 5) is 11.0. The molecule has 3 aromatic rings. The highest BCUT2D eigenvalue weighted by Crippen LogP contribution is 2.35. The lowest BCUT2D eigenvalue weighted by Crippen LogP contribution is -1.95. The number of non-ortho nitro benzene ring substituents is 1. The van der Waals surface area contributed by atoms with E-state index >= 15 is 0 Å². The lowest BCUT2D eigenvalue weighted by atomic mass is 10.1. The summed E-state index contributed by atoms with van der Waals surface area (Å²) in [6, 6.07) is 12.4. The first kappa shape index (κ1) is 16.5. The largest absolute Gasteiger partial charge is 0.305 e. The molecule has 0 aliphatic carbocycles. The molecule has 0 spiro atoms. The number of halogens is 1. The Morgan fingerprint density at radius 1 is 1.17 bits per heavy atom. The Balaban J connectivity index is 1.89. The van der Waals surface area contributed by atoms with Gasteiger partial charge in [0, 0.05) is 29.6 Å². The number of benzene rings is 2. The summed E-state index contributed by atoms with van der Waals surface area (Å²) in [6.07, 6.45) is 0. The topological polar surface area (TPSA) is 73.8 Å². The van der Waals surface area contributed by atoms with E-state index in [0.29, 0.717) is 15.1 Å². The summed E-state index contributed by atoms with van der Waals surface area (Å²) in [5.41, 5.74) is 2.10. The number of nitrogens with zero attached hydrogens (tertiary/aromatic N) is 4. The van der Waals surface area contributed by atoms with Gasteiger partial charge >= 0.3 is 0 Å². The Bertz CT molecular complexity index is 909. The number of nitro groups is 1. The van der Waals surface area contributed by atoms with E-state index in [1.54, 1.807) is 6.07 Å². The lowest BCUT2D eigenvalue weighted by molar-refractivity contribution is -0.384. The maximum atomic E-state index is 10.8. The van der Waals surface area contributed by atoms with Crippen molar-refractivity contribution in [1.29, 1.82) is 0 Å². The summed E-state index contributed by atoms with van der Waals surface area (Å²) in [5, 5.41) is 20.2. The van der Waals surface area contributed by atoms with Gasteiger partial charge in [0.05, 0.1) is 9.95 Å². The van der Waals surface area contributed by atoms with Crippen LogP contribution in [0.15, 0.2) is 52.5 Å². The highest BCUT2D eigenvalue weighted by atomic mass is 35.5. The molecule has 0 unspecified atom stereocenters. The van der Waals surface area contributed by atoms with Crippen molar-refractivity contribution < 1.29 is 4.92 Å². The summed E-state index contributed by atoms with van der Waals surface area (Å²) in [6.45, 7) is 2.03. The first-order valence-electron chi connectivity index (χ1n) is 7.04. The van der Waals surface area contributed by atoms with E-state index in [1.807, 2.05) is 42.8 Å². The molecule has 2 aromatic carbocycles. The van der Waals surface area contributed by atoms with Gasteiger partial charge in [-0.05, 0) is 24.8 Å². The van der Waals surface area contributed by atoms with Crippen LogP contribution < -0.4 is 0 Å². The second-order valence-electron chi connectivity index (χ2n) is 5.21. The Kier molecular flexibility index (Phi) is 4.55. The third-order valence-electron chi connectivity index (χ3n) is 3.47. The molecular weight excluding hydrogens is 348 g/mol. The molecule has 0 aliphatic heterocycles. The fraction of sp³-hybridized carbons (Fsp3) is 0.125. The van der Waals surface area contributed by atoms with Gasteiger partial charge in [-0.15, -0.1) is 10.2 Å². The maximum absolute atomic E-state index is 10.8. The molecule has 24 heavy (non-hydrogen) atoms. The summed E-state index contributed by atoms with van der Waals surface area (Å²) in [5.74, 6) is 0.746. The summed E-state index contributed by atoms with van der Waals surface area (Å²) < 4.78 is 1.87. The van der Waals surface area contributed by atoms with Crippen molar-refractivity contribution in [2.75, 3.05) is 0 Å². The van der Waals surface area contributed by atoms with Gasteiger partial charge in [-0.25, -0.2) is 0 Å². The molecule has 3 rings (SSSR count). The Labute approximate surface area is 147 Å². The molecule has 1 heterocycles. The standard InChI is InChI=1S/C16H13ClN4O2S/c1-10-3-5-11(6-4-10)15-18-19-16(20(15)2)24-14-8-7-12(21(22)23)9-13(14)17/h3-9H,1-2H3. The minimum absolute atomic E-state index is 0.0392. The lowest BCUT2D eigenvalue weighted by Gasteiger charge is -2.05. The maximum Gasteiger partial charge on any atom is 0.270 e. The molecule has 0 N–H and O–H groups in total. The van der Waals surface area contributed by atoms with Crippen molar-refractivity contribution in [3.05, 3.63) is 63.2 Å². The van der Waals surface area contributed by atoms with E-state index in [2.05, 4.69) is 10.2 Å². The number of hydrogen-bond donors (Lipinski definition) is 0. The second kappa shape index (κ2) is 6.62. The minimum Gasteiger partial charge on any atom is -0.305 e. The van der Waals surface area contributed by atoms with E-state index in [0.717, 1.165) is 11.4 Å². The molecule has 0 fully saturated rings. The monoisotopic (exact) mass is 360 g/mol. The average Bonchev–Trinajstić information content (AvgIpc) is 2.91. The van der Waals surface area contributed by atoms with E-state index in [9.17, 15) is 10.1 Å². The first-order valence-corrected chi connectivity index (χ1v) is 8.23. The molecule has 0 amide bonds. The third kappa shape index (κ3) is 3.27. The zero-order valence-electron chi connectivity index (χ0n) is 12.9. The van der Waals surface area contributed by atoms with Gasteiger partial charge in [-0.2, -0.15) is 0 Å².